The molecule has 0 aliphatic carbocycles. The Bertz CT molecular complexity index is 355. The molecule has 0 aliphatic heterocycles. The van der Waals surface area contributed by atoms with E-state index in [9.17, 15) is 8.42 Å². The van der Waals surface area contributed by atoms with Crippen molar-refractivity contribution in [2.24, 2.45) is 0 Å². The van der Waals surface area contributed by atoms with E-state index in [-0.39, 0.29) is 4.90 Å². The molecule has 0 aromatic heterocycles. The maximum Gasteiger partial charge on any atom is 0.294 e. The number of aryl methyl sites for hydroxylation is 1. The van der Waals surface area contributed by atoms with Crippen LogP contribution in [0.3, 0.4) is 0 Å². The highest BCUT2D eigenvalue weighted by Crippen LogP contribution is 2.12. The Morgan fingerprint density at radius 1 is 1.15 bits per heavy atom. The van der Waals surface area contributed by atoms with Crippen LogP contribution in [0.4, 0.5) is 0 Å². The molecule has 0 radical (unpaired) electrons. The molecule has 1 N–H and O–H groups in total. The van der Waals surface area contributed by atoms with Crippen LogP contribution in [-0.2, 0) is 10.1 Å². The average Bonchev–Trinajstić information content (AvgIpc) is 2.07. The van der Waals surface area contributed by atoms with E-state index < -0.39 is 10.1 Å². The van der Waals surface area contributed by atoms with E-state index in [4.69, 9.17) is 4.55 Å². The fraction of sp³-hybridized carbons (Fsp3) is 0.333. The molecule has 0 fully saturated rings. The van der Waals surface area contributed by atoms with Crippen molar-refractivity contribution < 1.29 is 13.0 Å². The third-order valence-corrected chi connectivity index (χ3v) is 2.39. The molecule has 0 saturated heterocycles. The van der Waals surface area contributed by atoms with Gasteiger partial charge in [0.1, 0.15) is 0 Å². The minimum Gasteiger partial charge on any atom is -0.282 e. The van der Waals surface area contributed by atoms with Crippen LogP contribution in [0.15, 0.2) is 29.2 Å². The van der Waals surface area contributed by atoms with Gasteiger partial charge >= 0.3 is 0 Å². The van der Waals surface area contributed by atoms with Crippen molar-refractivity contribution in [3.63, 3.8) is 0 Å². The van der Waals surface area contributed by atoms with Crippen LogP contribution < -0.4 is 0 Å². The summed E-state index contributed by atoms with van der Waals surface area (Å²) in [6.45, 7) is 5.63. The van der Waals surface area contributed by atoms with Gasteiger partial charge in [-0.2, -0.15) is 8.42 Å². The van der Waals surface area contributed by atoms with Gasteiger partial charge in [-0.05, 0) is 18.6 Å². The van der Waals surface area contributed by atoms with Gasteiger partial charge < -0.3 is 0 Å². The molecule has 4 heteroatoms. The summed E-state index contributed by atoms with van der Waals surface area (Å²) in [6.07, 6.45) is 0. The van der Waals surface area contributed by atoms with E-state index in [1.165, 1.54) is 6.07 Å². The molecule has 0 atom stereocenters. The van der Waals surface area contributed by atoms with E-state index in [0.29, 0.717) is 5.56 Å². The van der Waals surface area contributed by atoms with E-state index in [1.54, 1.807) is 25.1 Å². The number of hydrogen-bond donors (Lipinski definition) is 1. The summed E-state index contributed by atoms with van der Waals surface area (Å²) in [5.41, 5.74) is 0.551. The zero-order valence-electron chi connectivity index (χ0n) is 7.98. The fourth-order valence-corrected chi connectivity index (χ4v) is 1.57. The molecule has 0 aliphatic rings. The fourth-order valence-electron chi connectivity index (χ4n) is 0.846. The van der Waals surface area contributed by atoms with Gasteiger partial charge in [0.05, 0.1) is 4.90 Å². The third kappa shape index (κ3) is 3.57. The summed E-state index contributed by atoms with van der Waals surface area (Å²) in [4.78, 5) is -0.0278. The molecule has 3 nitrogen and oxygen atoms in total. The van der Waals surface area contributed by atoms with Crippen molar-refractivity contribution in [3.05, 3.63) is 29.8 Å². The van der Waals surface area contributed by atoms with Crippen molar-refractivity contribution >= 4 is 10.1 Å². The van der Waals surface area contributed by atoms with Gasteiger partial charge in [-0.25, -0.2) is 0 Å². The van der Waals surface area contributed by atoms with Crippen LogP contribution in [0.5, 0.6) is 0 Å². The molecule has 0 bridgehead atoms. The molecule has 74 valence electrons. The highest BCUT2D eigenvalue weighted by molar-refractivity contribution is 7.85. The normalized spacial score (nSPS) is 10.2. The molecule has 0 saturated carbocycles. The molecule has 0 spiro atoms. The Morgan fingerprint density at radius 3 is 1.92 bits per heavy atom. The molecule has 1 aromatic rings. The van der Waals surface area contributed by atoms with Crippen LogP contribution in [0.1, 0.15) is 19.4 Å². The van der Waals surface area contributed by atoms with Crippen LogP contribution in [0.2, 0.25) is 0 Å². The van der Waals surface area contributed by atoms with Crippen molar-refractivity contribution in [2.75, 3.05) is 0 Å². The third-order valence-electron chi connectivity index (χ3n) is 1.37. The van der Waals surface area contributed by atoms with E-state index in [0.717, 1.165) is 0 Å². The minimum atomic E-state index is -4.03. The largest absolute Gasteiger partial charge is 0.294 e. The number of hydrogen-bond acceptors (Lipinski definition) is 2. The Morgan fingerprint density at radius 2 is 1.62 bits per heavy atom. The standard InChI is InChI=1S/C7H8O3S.C2H6/c1-6-4-2-3-5-7(6)11(8,9)10;1-2/h2-5H,1H3,(H,8,9,10);1-2H3. The first kappa shape index (κ1) is 12.1. The molecule has 1 rings (SSSR count). The predicted octanol–water partition coefficient (Wildman–Crippen LogP) is 2.27. The lowest BCUT2D eigenvalue weighted by atomic mass is 10.2. The monoisotopic (exact) mass is 202 g/mol. The van der Waals surface area contributed by atoms with Crippen molar-refractivity contribution in [1.29, 1.82) is 0 Å². The zero-order valence-corrected chi connectivity index (χ0v) is 8.80. The Labute approximate surface area is 79.2 Å². The van der Waals surface area contributed by atoms with Gasteiger partial charge in [0.25, 0.3) is 10.1 Å². The van der Waals surface area contributed by atoms with Crippen LogP contribution >= 0.6 is 0 Å². The molecule has 0 unspecified atom stereocenters. The highest BCUT2D eigenvalue weighted by Gasteiger charge is 2.10. The topological polar surface area (TPSA) is 54.4 Å². The minimum absolute atomic E-state index is 0.0278. The number of rotatable bonds is 1. The van der Waals surface area contributed by atoms with Gasteiger partial charge in [0, 0.05) is 0 Å². The zero-order chi connectivity index (χ0) is 10.5. The number of benzene rings is 1. The van der Waals surface area contributed by atoms with E-state index in [2.05, 4.69) is 0 Å². The second-order valence-electron chi connectivity index (χ2n) is 2.24. The smallest absolute Gasteiger partial charge is 0.282 e. The van der Waals surface area contributed by atoms with Gasteiger partial charge in [-0.1, -0.05) is 32.0 Å². The summed E-state index contributed by atoms with van der Waals surface area (Å²) in [5.74, 6) is 0. The Hall–Kier alpha value is -0.870. The van der Waals surface area contributed by atoms with Crippen molar-refractivity contribution in [3.8, 4) is 0 Å². The second kappa shape index (κ2) is 4.99. The maximum atomic E-state index is 10.6. The lowest BCUT2D eigenvalue weighted by Crippen LogP contribution is -1.99. The SMILES string of the molecule is CC.Cc1ccccc1S(=O)(=O)O. The molecule has 1 aromatic carbocycles. The molecule has 0 heterocycles. The van der Waals surface area contributed by atoms with Crippen molar-refractivity contribution in [1.82, 2.24) is 0 Å². The van der Waals surface area contributed by atoms with E-state index in [1.807, 2.05) is 13.8 Å². The summed E-state index contributed by atoms with van der Waals surface area (Å²) < 4.78 is 29.9. The van der Waals surface area contributed by atoms with Crippen molar-refractivity contribution in [2.45, 2.75) is 25.7 Å². The maximum absolute atomic E-state index is 10.6. The lowest BCUT2D eigenvalue weighted by molar-refractivity contribution is 0.482. The molecule has 0 amide bonds. The Balaban J connectivity index is 0.000000671. The van der Waals surface area contributed by atoms with Gasteiger partial charge in [0.2, 0.25) is 0 Å². The summed E-state index contributed by atoms with van der Waals surface area (Å²) in [7, 11) is -4.03. The molecular formula is C9H14O3S. The summed E-state index contributed by atoms with van der Waals surface area (Å²) in [6, 6.07) is 6.27. The van der Waals surface area contributed by atoms with Gasteiger partial charge in [-0.15, -0.1) is 0 Å². The highest BCUT2D eigenvalue weighted by atomic mass is 32.2. The first-order valence-electron chi connectivity index (χ1n) is 4.05. The summed E-state index contributed by atoms with van der Waals surface area (Å²) >= 11 is 0. The average molecular weight is 202 g/mol. The first-order chi connectivity index (χ1) is 6.02. The predicted molar refractivity (Wildman–Crippen MR) is 52.3 cm³/mol. The first-order valence-corrected chi connectivity index (χ1v) is 5.49. The van der Waals surface area contributed by atoms with Gasteiger partial charge in [0.15, 0.2) is 0 Å². The lowest BCUT2D eigenvalue weighted by Gasteiger charge is -1.99. The summed E-state index contributed by atoms with van der Waals surface area (Å²) in [5, 5.41) is 0. The second-order valence-corrected chi connectivity index (χ2v) is 3.63. The van der Waals surface area contributed by atoms with Gasteiger partial charge in [-0.3, -0.25) is 4.55 Å². The Kier molecular flexibility index (Phi) is 4.66. The van der Waals surface area contributed by atoms with E-state index >= 15 is 0 Å². The van der Waals surface area contributed by atoms with Crippen LogP contribution in [0.25, 0.3) is 0 Å². The molecular weight excluding hydrogens is 188 g/mol. The van der Waals surface area contributed by atoms with Crippen LogP contribution in [-0.4, -0.2) is 13.0 Å². The quantitative estimate of drug-likeness (QED) is 0.711. The van der Waals surface area contributed by atoms with Crippen LogP contribution in [0, 0.1) is 6.92 Å². The molecule has 13 heavy (non-hydrogen) atoms.